The number of hydrogen-bond acceptors (Lipinski definition) is 9. The topological polar surface area (TPSA) is 92.4 Å². The van der Waals surface area contributed by atoms with Gasteiger partial charge in [0.2, 0.25) is 5.13 Å². The first-order valence-electron chi connectivity index (χ1n) is 11.2. The zero-order valence-electron chi connectivity index (χ0n) is 20.5. The maximum Gasteiger partial charge on any atom is 0.350 e. The van der Waals surface area contributed by atoms with Crippen LogP contribution in [0.3, 0.4) is 0 Å². The average molecular weight is 507 g/mol. The van der Waals surface area contributed by atoms with E-state index in [0.717, 1.165) is 22.3 Å². The molecule has 0 aliphatic rings. The standard InChI is InChI=1S/C27H26N2O6S/c1-6-12-34-26(30)25-16(3)28-27(36-25)29-20-15-23(17-8-10-22(31-4)24(13-17)32-5)35-21-11-9-18(33-7-2)14-19(20)21/h6,8-11,13-15H,1,7,12H2,2-5H3/b29-20+. The highest BCUT2D eigenvalue weighted by molar-refractivity contribution is 7.17. The number of ether oxygens (including phenoxy) is 4. The molecule has 0 aliphatic carbocycles. The second-order valence-corrected chi connectivity index (χ2v) is 8.54. The minimum absolute atomic E-state index is 0.127. The monoisotopic (exact) mass is 506 g/mol. The first-order valence-corrected chi connectivity index (χ1v) is 12.0. The Labute approximate surface area is 212 Å². The number of aromatic nitrogens is 1. The molecule has 0 atom stereocenters. The van der Waals surface area contributed by atoms with Gasteiger partial charge in [-0.15, -0.1) is 0 Å². The molecule has 0 spiro atoms. The lowest BCUT2D eigenvalue weighted by molar-refractivity contribution is 0.0554. The lowest BCUT2D eigenvalue weighted by atomic mass is 10.1. The molecule has 0 saturated heterocycles. The first kappa shape index (κ1) is 25.0. The second-order valence-electron chi connectivity index (χ2n) is 7.57. The van der Waals surface area contributed by atoms with Crippen LogP contribution < -0.4 is 19.6 Å². The molecule has 4 rings (SSSR count). The molecular formula is C27H26N2O6S. The normalized spacial score (nSPS) is 11.4. The maximum atomic E-state index is 12.4. The summed E-state index contributed by atoms with van der Waals surface area (Å²) >= 11 is 1.16. The van der Waals surface area contributed by atoms with Crippen molar-refractivity contribution in [1.82, 2.24) is 4.98 Å². The smallest absolute Gasteiger partial charge is 0.350 e. The van der Waals surface area contributed by atoms with Gasteiger partial charge >= 0.3 is 5.97 Å². The first-order chi connectivity index (χ1) is 17.5. The van der Waals surface area contributed by atoms with E-state index in [-0.39, 0.29) is 6.61 Å². The Hall–Kier alpha value is -4.11. The van der Waals surface area contributed by atoms with E-state index in [1.165, 1.54) is 6.08 Å². The number of benzene rings is 2. The highest BCUT2D eigenvalue weighted by atomic mass is 32.1. The Balaban J connectivity index is 1.89. The summed E-state index contributed by atoms with van der Waals surface area (Å²) in [5, 5.41) is 1.78. The number of aryl methyl sites for hydroxylation is 1. The number of carbonyl (C=O) groups excluding carboxylic acids is 1. The molecule has 0 amide bonds. The van der Waals surface area contributed by atoms with Crippen molar-refractivity contribution in [2.75, 3.05) is 27.4 Å². The maximum absolute atomic E-state index is 12.4. The van der Waals surface area contributed by atoms with E-state index in [9.17, 15) is 4.79 Å². The van der Waals surface area contributed by atoms with Gasteiger partial charge in [0, 0.05) is 17.0 Å². The Morgan fingerprint density at radius 2 is 1.94 bits per heavy atom. The number of esters is 1. The highest BCUT2D eigenvalue weighted by Gasteiger charge is 2.17. The number of methoxy groups -OCH3 is 2. The van der Waals surface area contributed by atoms with Crippen molar-refractivity contribution in [2.24, 2.45) is 4.99 Å². The summed E-state index contributed by atoms with van der Waals surface area (Å²) in [7, 11) is 3.17. The lowest BCUT2D eigenvalue weighted by Crippen LogP contribution is -2.04. The highest BCUT2D eigenvalue weighted by Crippen LogP contribution is 2.33. The lowest BCUT2D eigenvalue weighted by Gasteiger charge is -2.10. The van der Waals surface area contributed by atoms with Crippen molar-refractivity contribution >= 4 is 33.4 Å². The van der Waals surface area contributed by atoms with Crippen molar-refractivity contribution in [3.63, 3.8) is 0 Å². The van der Waals surface area contributed by atoms with Crippen LogP contribution in [0.25, 0.3) is 22.3 Å². The van der Waals surface area contributed by atoms with Crippen molar-refractivity contribution in [2.45, 2.75) is 13.8 Å². The molecule has 2 aromatic heterocycles. The SMILES string of the molecule is C=CCOC(=O)c1sc(/N=c2\cc(-c3ccc(OC)c(OC)c3)oc3ccc(OCC)cc23)nc1C. The van der Waals surface area contributed by atoms with Crippen molar-refractivity contribution in [3.8, 4) is 28.6 Å². The Morgan fingerprint density at radius 3 is 2.67 bits per heavy atom. The molecule has 186 valence electrons. The molecule has 0 unspecified atom stereocenters. The Morgan fingerprint density at radius 1 is 1.14 bits per heavy atom. The predicted molar refractivity (Wildman–Crippen MR) is 138 cm³/mol. The second kappa shape index (κ2) is 11.1. The molecular weight excluding hydrogens is 480 g/mol. The third kappa shape index (κ3) is 5.26. The van der Waals surface area contributed by atoms with Gasteiger partial charge in [-0.05, 0) is 50.2 Å². The van der Waals surface area contributed by atoms with E-state index in [0.29, 0.717) is 56.3 Å². The van der Waals surface area contributed by atoms with Gasteiger partial charge in [-0.1, -0.05) is 24.0 Å². The number of carbonyl (C=O) groups is 1. The van der Waals surface area contributed by atoms with Crippen molar-refractivity contribution in [1.29, 1.82) is 0 Å². The third-order valence-corrected chi connectivity index (χ3v) is 6.24. The molecule has 0 radical (unpaired) electrons. The third-order valence-electron chi connectivity index (χ3n) is 5.21. The number of rotatable bonds is 9. The molecule has 0 aliphatic heterocycles. The Kier molecular flexibility index (Phi) is 7.70. The summed E-state index contributed by atoms with van der Waals surface area (Å²) in [6, 6.07) is 12.9. The molecule has 0 bridgehead atoms. The number of thiazole rings is 1. The van der Waals surface area contributed by atoms with Gasteiger partial charge in [-0.2, -0.15) is 0 Å². The minimum atomic E-state index is -0.455. The van der Waals surface area contributed by atoms with Gasteiger partial charge in [-0.3, -0.25) is 0 Å². The van der Waals surface area contributed by atoms with Gasteiger partial charge < -0.3 is 23.4 Å². The van der Waals surface area contributed by atoms with Gasteiger partial charge in [0.25, 0.3) is 0 Å². The summed E-state index contributed by atoms with van der Waals surface area (Å²) in [5.41, 5.74) is 1.94. The molecule has 2 aromatic carbocycles. The van der Waals surface area contributed by atoms with Gasteiger partial charge in [0.05, 0.1) is 31.9 Å². The van der Waals surface area contributed by atoms with Crippen LogP contribution in [0.4, 0.5) is 5.13 Å². The summed E-state index contributed by atoms with van der Waals surface area (Å²) in [6.45, 7) is 7.90. The minimum Gasteiger partial charge on any atom is -0.494 e. The van der Waals surface area contributed by atoms with E-state index in [2.05, 4.69) is 11.6 Å². The van der Waals surface area contributed by atoms with Gasteiger partial charge in [-0.25, -0.2) is 14.8 Å². The average Bonchev–Trinajstić information content (AvgIpc) is 3.26. The van der Waals surface area contributed by atoms with E-state index in [1.54, 1.807) is 21.1 Å². The molecule has 0 saturated carbocycles. The summed E-state index contributed by atoms with van der Waals surface area (Å²) in [6.07, 6.45) is 1.52. The van der Waals surface area contributed by atoms with E-state index in [1.807, 2.05) is 49.4 Å². The molecule has 0 N–H and O–H groups in total. The largest absolute Gasteiger partial charge is 0.494 e. The molecule has 2 heterocycles. The fourth-order valence-corrected chi connectivity index (χ4v) is 4.40. The van der Waals surface area contributed by atoms with E-state index < -0.39 is 5.97 Å². The summed E-state index contributed by atoms with van der Waals surface area (Å²) in [4.78, 5) is 22.0. The van der Waals surface area contributed by atoms with Crippen molar-refractivity contribution < 1.29 is 28.2 Å². The molecule has 9 heteroatoms. The zero-order chi connectivity index (χ0) is 25.7. The quantitative estimate of drug-likeness (QED) is 0.207. The zero-order valence-corrected chi connectivity index (χ0v) is 21.3. The molecule has 4 aromatic rings. The van der Waals surface area contributed by atoms with Gasteiger partial charge in [0.1, 0.15) is 28.6 Å². The van der Waals surface area contributed by atoms with E-state index in [4.69, 9.17) is 28.4 Å². The van der Waals surface area contributed by atoms with Crippen LogP contribution in [0.15, 0.2) is 64.5 Å². The van der Waals surface area contributed by atoms with Crippen molar-refractivity contribution in [3.05, 3.63) is 71.0 Å². The van der Waals surface area contributed by atoms with Crippen LogP contribution in [0.2, 0.25) is 0 Å². The van der Waals surface area contributed by atoms with Gasteiger partial charge in [0.15, 0.2) is 11.5 Å². The summed E-state index contributed by atoms with van der Waals surface area (Å²) < 4.78 is 27.9. The molecule has 0 fully saturated rings. The number of fused-ring (bicyclic) bond motifs is 1. The number of nitrogens with zero attached hydrogens (tertiary/aromatic N) is 2. The van der Waals surface area contributed by atoms with Crippen LogP contribution >= 0.6 is 11.3 Å². The number of hydrogen-bond donors (Lipinski definition) is 0. The molecule has 8 nitrogen and oxygen atoms in total. The predicted octanol–water partition coefficient (Wildman–Crippen LogP) is 5.86. The fourth-order valence-electron chi connectivity index (χ4n) is 3.55. The summed E-state index contributed by atoms with van der Waals surface area (Å²) in [5.74, 6) is 2.00. The van der Waals surface area contributed by atoms with E-state index >= 15 is 0 Å². The van der Waals surface area contributed by atoms with Crippen LogP contribution in [0.5, 0.6) is 17.2 Å². The van der Waals surface area contributed by atoms with Crippen LogP contribution in [-0.2, 0) is 4.74 Å². The fraction of sp³-hybridized carbons (Fsp3) is 0.222. The van der Waals surface area contributed by atoms with Crippen LogP contribution in [-0.4, -0.2) is 38.4 Å². The van der Waals surface area contributed by atoms with Crippen LogP contribution in [0, 0.1) is 6.92 Å². The molecule has 36 heavy (non-hydrogen) atoms. The van der Waals surface area contributed by atoms with Crippen LogP contribution in [0.1, 0.15) is 22.3 Å². The Bertz CT molecular complexity index is 1490.